The van der Waals surface area contributed by atoms with Crippen molar-refractivity contribution in [3.63, 3.8) is 0 Å². The summed E-state index contributed by atoms with van der Waals surface area (Å²) >= 11 is 0. The molecule has 0 bridgehead atoms. The standard InChI is InChI=1S/C24H36O5/c1-5-15(3)24(27)29-21-11-14(2)10-17-7-6-16(4)20(23(17)21)9-8-19-12-18(25)13-22(26)28-19/h6-7,10,14-16,18-21,23,25H,5,8-9,11-13H2,1-4H3/t14?,15?,16?,18?,19?,20?,21-,23?/m1/s1. The summed E-state index contributed by atoms with van der Waals surface area (Å²) in [5.41, 5.74) is 1.27. The van der Waals surface area contributed by atoms with Crippen LogP contribution in [0.3, 0.4) is 0 Å². The fourth-order valence-electron chi connectivity index (χ4n) is 5.07. The van der Waals surface area contributed by atoms with Gasteiger partial charge in [0.05, 0.1) is 18.4 Å². The largest absolute Gasteiger partial charge is 0.462 e. The van der Waals surface area contributed by atoms with Crippen LogP contribution in [0.25, 0.3) is 0 Å². The maximum atomic E-state index is 12.5. The van der Waals surface area contributed by atoms with E-state index in [9.17, 15) is 14.7 Å². The summed E-state index contributed by atoms with van der Waals surface area (Å²) in [7, 11) is 0. The molecule has 1 aliphatic heterocycles. The van der Waals surface area contributed by atoms with Gasteiger partial charge in [0, 0.05) is 12.3 Å². The Kier molecular flexibility index (Phi) is 7.20. The Bertz CT molecular complexity index is 666. The zero-order valence-electron chi connectivity index (χ0n) is 18.2. The van der Waals surface area contributed by atoms with Crippen LogP contribution in [-0.2, 0) is 19.1 Å². The second kappa shape index (κ2) is 9.46. The van der Waals surface area contributed by atoms with Crippen LogP contribution in [0.1, 0.15) is 66.2 Å². The fraction of sp³-hybridized carbons (Fsp3) is 0.750. The summed E-state index contributed by atoms with van der Waals surface area (Å²) in [6.45, 7) is 8.33. The summed E-state index contributed by atoms with van der Waals surface area (Å²) in [4.78, 5) is 24.2. The Morgan fingerprint density at radius 1 is 1.31 bits per heavy atom. The SMILES string of the molecule is CCC(C)C(=O)O[C@@H]1CC(C)C=C2C=CC(C)C(CCC3CC(O)CC(=O)O3)C21. The lowest BCUT2D eigenvalue weighted by molar-refractivity contribution is -0.162. The molecule has 7 unspecified atom stereocenters. The van der Waals surface area contributed by atoms with Gasteiger partial charge in [-0.3, -0.25) is 9.59 Å². The van der Waals surface area contributed by atoms with Crippen LogP contribution >= 0.6 is 0 Å². The molecular weight excluding hydrogens is 368 g/mol. The summed E-state index contributed by atoms with van der Waals surface area (Å²) in [5.74, 6) is 0.755. The first-order valence-corrected chi connectivity index (χ1v) is 11.3. The van der Waals surface area contributed by atoms with E-state index in [-0.39, 0.29) is 42.4 Å². The molecule has 1 N–H and O–H groups in total. The summed E-state index contributed by atoms with van der Waals surface area (Å²) in [6, 6.07) is 0. The maximum absolute atomic E-state index is 12.5. The van der Waals surface area contributed by atoms with E-state index in [4.69, 9.17) is 9.47 Å². The van der Waals surface area contributed by atoms with E-state index in [0.29, 0.717) is 24.2 Å². The number of carbonyl (C=O) groups is 2. The maximum Gasteiger partial charge on any atom is 0.308 e. The highest BCUT2D eigenvalue weighted by molar-refractivity contribution is 5.72. The summed E-state index contributed by atoms with van der Waals surface area (Å²) in [5, 5.41) is 9.89. The van der Waals surface area contributed by atoms with Crippen molar-refractivity contribution >= 4 is 11.9 Å². The average Bonchev–Trinajstić information content (AvgIpc) is 2.65. The summed E-state index contributed by atoms with van der Waals surface area (Å²) in [6.07, 6.45) is 9.70. The van der Waals surface area contributed by atoms with Crippen LogP contribution in [0.15, 0.2) is 23.8 Å². The molecule has 8 atom stereocenters. The number of hydrogen-bond donors (Lipinski definition) is 1. The second-order valence-corrected chi connectivity index (χ2v) is 9.36. The molecule has 0 aromatic rings. The van der Waals surface area contributed by atoms with E-state index in [2.05, 4.69) is 32.1 Å². The van der Waals surface area contributed by atoms with E-state index in [0.717, 1.165) is 25.7 Å². The monoisotopic (exact) mass is 404 g/mol. The molecule has 1 saturated heterocycles. The second-order valence-electron chi connectivity index (χ2n) is 9.36. The quantitative estimate of drug-likeness (QED) is 0.672. The number of allylic oxidation sites excluding steroid dienone is 3. The molecule has 1 heterocycles. The minimum absolute atomic E-state index is 0.0854. The Morgan fingerprint density at radius 2 is 2.07 bits per heavy atom. The zero-order valence-corrected chi connectivity index (χ0v) is 18.2. The highest BCUT2D eigenvalue weighted by atomic mass is 16.5. The molecule has 0 radical (unpaired) electrons. The molecule has 1 fully saturated rings. The van der Waals surface area contributed by atoms with Crippen molar-refractivity contribution < 1.29 is 24.2 Å². The average molecular weight is 405 g/mol. The minimum atomic E-state index is -0.597. The molecule has 3 aliphatic rings. The van der Waals surface area contributed by atoms with Crippen molar-refractivity contribution in [2.24, 2.45) is 29.6 Å². The first kappa shape index (κ1) is 22.1. The van der Waals surface area contributed by atoms with Crippen LogP contribution in [0.4, 0.5) is 0 Å². The molecule has 5 heteroatoms. The molecule has 0 aromatic carbocycles. The Morgan fingerprint density at radius 3 is 2.76 bits per heavy atom. The van der Waals surface area contributed by atoms with Crippen molar-refractivity contribution in [2.75, 3.05) is 0 Å². The van der Waals surface area contributed by atoms with E-state index < -0.39 is 6.10 Å². The van der Waals surface area contributed by atoms with Gasteiger partial charge < -0.3 is 14.6 Å². The van der Waals surface area contributed by atoms with Crippen LogP contribution < -0.4 is 0 Å². The molecule has 5 nitrogen and oxygen atoms in total. The number of aliphatic hydroxyl groups is 1. The highest BCUT2D eigenvalue weighted by Gasteiger charge is 2.42. The number of esters is 2. The van der Waals surface area contributed by atoms with E-state index >= 15 is 0 Å². The predicted molar refractivity (Wildman–Crippen MR) is 111 cm³/mol. The lowest BCUT2D eigenvalue weighted by atomic mass is 9.65. The van der Waals surface area contributed by atoms with Gasteiger partial charge in [-0.2, -0.15) is 0 Å². The lowest BCUT2D eigenvalue weighted by Gasteiger charge is -2.43. The zero-order chi connectivity index (χ0) is 21.1. The van der Waals surface area contributed by atoms with Gasteiger partial charge in [0.25, 0.3) is 0 Å². The lowest BCUT2D eigenvalue weighted by Crippen LogP contribution is -2.42. The van der Waals surface area contributed by atoms with Crippen LogP contribution in [0.2, 0.25) is 0 Å². The van der Waals surface area contributed by atoms with Crippen molar-refractivity contribution in [1.29, 1.82) is 0 Å². The molecule has 3 rings (SSSR count). The van der Waals surface area contributed by atoms with Gasteiger partial charge in [-0.1, -0.05) is 45.9 Å². The fourth-order valence-corrected chi connectivity index (χ4v) is 5.07. The number of rotatable bonds is 6. The number of cyclic esters (lactones) is 1. The number of aliphatic hydroxyl groups excluding tert-OH is 1. The van der Waals surface area contributed by atoms with Crippen LogP contribution in [0.5, 0.6) is 0 Å². The molecular formula is C24H36O5. The molecule has 0 spiro atoms. The molecule has 0 amide bonds. The summed E-state index contributed by atoms with van der Waals surface area (Å²) < 4.78 is 11.5. The third-order valence-corrected chi connectivity index (χ3v) is 6.93. The number of fused-ring (bicyclic) bond motifs is 1. The van der Waals surface area contributed by atoms with E-state index in [1.165, 1.54) is 5.57 Å². The van der Waals surface area contributed by atoms with E-state index in [1.807, 2.05) is 13.8 Å². The van der Waals surface area contributed by atoms with Crippen molar-refractivity contribution in [3.8, 4) is 0 Å². The Hall–Kier alpha value is -1.62. The first-order valence-electron chi connectivity index (χ1n) is 11.3. The molecule has 0 saturated carbocycles. The van der Waals surface area contributed by atoms with E-state index in [1.54, 1.807) is 0 Å². The highest BCUT2D eigenvalue weighted by Crippen LogP contribution is 2.45. The van der Waals surface area contributed by atoms with Crippen LogP contribution in [0, 0.1) is 29.6 Å². The van der Waals surface area contributed by atoms with Crippen LogP contribution in [-0.4, -0.2) is 35.4 Å². The third-order valence-electron chi connectivity index (χ3n) is 6.93. The van der Waals surface area contributed by atoms with Crippen molar-refractivity contribution in [3.05, 3.63) is 23.8 Å². The van der Waals surface area contributed by atoms with Gasteiger partial charge in [0.15, 0.2) is 0 Å². The topological polar surface area (TPSA) is 72.8 Å². The predicted octanol–water partition coefficient (Wildman–Crippen LogP) is 4.20. The number of hydrogen-bond acceptors (Lipinski definition) is 5. The van der Waals surface area contributed by atoms with Gasteiger partial charge in [-0.15, -0.1) is 0 Å². The van der Waals surface area contributed by atoms with Crippen molar-refractivity contribution in [2.45, 2.75) is 84.5 Å². The molecule has 29 heavy (non-hydrogen) atoms. The smallest absolute Gasteiger partial charge is 0.308 e. The number of carbonyl (C=O) groups excluding carboxylic acids is 2. The first-order chi connectivity index (χ1) is 13.8. The normalized spacial score (nSPS) is 37.9. The van der Waals surface area contributed by atoms with Gasteiger partial charge >= 0.3 is 11.9 Å². The molecule has 0 aromatic heterocycles. The van der Waals surface area contributed by atoms with Gasteiger partial charge in [0.1, 0.15) is 12.2 Å². The number of ether oxygens (including phenoxy) is 2. The van der Waals surface area contributed by atoms with Crippen molar-refractivity contribution in [1.82, 2.24) is 0 Å². The van der Waals surface area contributed by atoms with Gasteiger partial charge in [0.2, 0.25) is 0 Å². The molecule has 2 aliphatic carbocycles. The minimum Gasteiger partial charge on any atom is -0.462 e. The molecule has 162 valence electrons. The Balaban J connectivity index is 1.74. The van der Waals surface area contributed by atoms with Gasteiger partial charge in [-0.05, 0) is 49.0 Å². The Labute approximate surface area is 174 Å². The third kappa shape index (κ3) is 5.30. The van der Waals surface area contributed by atoms with Gasteiger partial charge in [-0.25, -0.2) is 0 Å².